The van der Waals surface area contributed by atoms with Crippen LogP contribution in [0.15, 0.2) is 41.6 Å². The number of amides is 2. The van der Waals surface area contributed by atoms with E-state index in [1.54, 1.807) is 24.3 Å². The van der Waals surface area contributed by atoms with Crippen LogP contribution in [0.3, 0.4) is 0 Å². The van der Waals surface area contributed by atoms with Crippen molar-refractivity contribution in [1.82, 2.24) is 15.3 Å². The highest BCUT2D eigenvalue weighted by atomic mass is 32.2. The first-order chi connectivity index (χ1) is 11.0. The summed E-state index contributed by atoms with van der Waals surface area (Å²) >= 11 is 1.22. The second-order valence-corrected chi connectivity index (χ2v) is 5.98. The van der Waals surface area contributed by atoms with Gasteiger partial charge in [-0.05, 0) is 25.5 Å². The normalized spacial score (nSPS) is 11.7. The minimum Gasteiger partial charge on any atom is -0.368 e. The molecular formula is C16H18N4O2S. The van der Waals surface area contributed by atoms with Gasteiger partial charge in [-0.15, -0.1) is 0 Å². The van der Waals surface area contributed by atoms with E-state index >= 15 is 0 Å². The highest BCUT2D eigenvalue weighted by Gasteiger charge is 2.20. The predicted molar refractivity (Wildman–Crippen MR) is 88.8 cm³/mol. The lowest BCUT2D eigenvalue weighted by molar-refractivity contribution is -0.126. The van der Waals surface area contributed by atoms with E-state index in [0.29, 0.717) is 10.7 Å². The molecular weight excluding hydrogens is 312 g/mol. The Morgan fingerprint density at radius 3 is 2.35 bits per heavy atom. The largest absolute Gasteiger partial charge is 0.368 e. The maximum Gasteiger partial charge on any atom is 0.244 e. The number of aryl methyl sites for hydroxylation is 2. The molecule has 0 radical (unpaired) electrons. The van der Waals surface area contributed by atoms with Crippen molar-refractivity contribution < 1.29 is 9.59 Å². The van der Waals surface area contributed by atoms with Crippen LogP contribution >= 0.6 is 11.8 Å². The van der Waals surface area contributed by atoms with E-state index < -0.39 is 11.9 Å². The number of primary amides is 1. The van der Waals surface area contributed by atoms with Crippen molar-refractivity contribution in [3.63, 3.8) is 0 Å². The van der Waals surface area contributed by atoms with Gasteiger partial charge in [0, 0.05) is 11.4 Å². The van der Waals surface area contributed by atoms with Gasteiger partial charge in [0.1, 0.15) is 6.04 Å². The number of aromatic nitrogens is 2. The Morgan fingerprint density at radius 2 is 1.78 bits per heavy atom. The summed E-state index contributed by atoms with van der Waals surface area (Å²) in [7, 11) is 0. The lowest BCUT2D eigenvalue weighted by Gasteiger charge is -2.15. The number of benzene rings is 1. The molecule has 0 bridgehead atoms. The smallest absolute Gasteiger partial charge is 0.244 e. The number of nitrogens with zero attached hydrogens (tertiary/aromatic N) is 2. The molecule has 7 heteroatoms. The van der Waals surface area contributed by atoms with E-state index in [1.165, 1.54) is 11.8 Å². The van der Waals surface area contributed by atoms with Gasteiger partial charge in [-0.1, -0.05) is 42.1 Å². The molecule has 1 aromatic carbocycles. The second kappa shape index (κ2) is 7.73. The fourth-order valence-corrected chi connectivity index (χ4v) is 2.82. The monoisotopic (exact) mass is 330 g/mol. The standard InChI is InChI=1S/C16H18N4O2S/c1-10-8-11(2)19-16(18-10)23-9-13(21)20-14(15(17)22)12-6-4-3-5-7-12/h3-8,14H,9H2,1-2H3,(H2,17,22)(H,20,21). The zero-order valence-corrected chi connectivity index (χ0v) is 13.8. The molecule has 1 unspecified atom stereocenters. The summed E-state index contributed by atoms with van der Waals surface area (Å²) in [4.78, 5) is 32.2. The number of carbonyl (C=O) groups is 2. The van der Waals surface area contributed by atoms with Crippen molar-refractivity contribution in [3.8, 4) is 0 Å². The SMILES string of the molecule is Cc1cc(C)nc(SCC(=O)NC(C(N)=O)c2ccccc2)n1. The van der Waals surface area contributed by atoms with Gasteiger partial charge in [0.05, 0.1) is 5.75 Å². The minimum absolute atomic E-state index is 0.111. The van der Waals surface area contributed by atoms with E-state index in [0.717, 1.165) is 11.4 Å². The third kappa shape index (κ3) is 5.07. The summed E-state index contributed by atoms with van der Waals surface area (Å²) in [6, 6.07) is 9.92. The van der Waals surface area contributed by atoms with Gasteiger partial charge in [0.15, 0.2) is 5.16 Å². The van der Waals surface area contributed by atoms with Crippen molar-refractivity contribution in [2.75, 3.05) is 5.75 Å². The van der Waals surface area contributed by atoms with Gasteiger partial charge in [-0.2, -0.15) is 0 Å². The molecule has 120 valence electrons. The fraction of sp³-hybridized carbons (Fsp3) is 0.250. The summed E-state index contributed by atoms with van der Waals surface area (Å²) in [6.45, 7) is 3.74. The summed E-state index contributed by atoms with van der Waals surface area (Å²) in [5.74, 6) is -0.790. The zero-order valence-electron chi connectivity index (χ0n) is 12.9. The van der Waals surface area contributed by atoms with Gasteiger partial charge >= 0.3 is 0 Å². The third-order valence-electron chi connectivity index (χ3n) is 3.02. The Bertz CT molecular complexity index is 686. The average Bonchev–Trinajstić information content (AvgIpc) is 2.50. The van der Waals surface area contributed by atoms with Crippen LogP contribution in [0.2, 0.25) is 0 Å². The molecule has 2 aromatic rings. The van der Waals surface area contributed by atoms with Crippen LogP contribution in [-0.2, 0) is 9.59 Å². The molecule has 0 saturated heterocycles. The summed E-state index contributed by atoms with van der Waals surface area (Å²) in [5, 5.41) is 3.18. The van der Waals surface area contributed by atoms with Gasteiger partial charge in [0.2, 0.25) is 11.8 Å². The van der Waals surface area contributed by atoms with E-state index in [1.807, 2.05) is 26.0 Å². The predicted octanol–water partition coefficient (Wildman–Crippen LogP) is 1.53. The molecule has 6 nitrogen and oxygen atoms in total. The minimum atomic E-state index is -0.843. The Morgan fingerprint density at radius 1 is 1.17 bits per heavy atom. The summed E-state index contributed by atoms with van der Waals surface area (Å²) < 4.78 is 0. The number of hydrogen-bond acceptors (Lipinski definition) is 5. The molecule has 3 N–H and O–H groups in total. The van der Waals surface area contributed by atoms with Gasteiger partial charge in [0.25, 0.3) is 0 Å². The van der Waals surface area contributed by atoms with E-state index in [4.69, 9.17) is 5.73 Å². The Balaban J connectivity index is 1.98. The Kier molecular flexibility index (Phi) is 5.70. The first-order valence-corrected chi connectivity index (χ1v) is 8.03. The number of nitrogens with one attached hydrogen (secondary N) is 1. The second-order valence-electron chi connectivity index (χ2n) is 5.04. The molecule has 2 amide bonds. The number of carbonyl (C=O) groups excluding carboxylic acids is 2. The summed E-state index contributed by atoms with van der Waals surface area (Å²) in [5.41, 5.74) is 7.73. The van der Waals surface area contributed by atoms with Crippen LogP contribution in [0.4, 0.5) is 0 Å². The number of rotatable bonds is 6. The van der Waals surface area contributed by atoms with Gasteiger partial charge < -0.3 is 11.1 Å². The number of hydrogen-bond donors (Lipinski definition) is 2. The molecule has 23 heavy (non-hydrogen) atoms. The molecule has 0 spiro atoms. The fourth-order valence-electron chi connectivity index (χ4n) is 2.06. The average molecular weight is 330 g/mol. The Hall–Kier alpha value is -2.41. The van der Waals surface area contributed by atoms with Crippen molar-refractivity contribution in [2.45, 2.75) is 25.0 Å². The van der Waals surface area contributed by atoms with Crippen LogP contribution in [-0.4, -0.2) is 27.5 Å². The van der Waals surface area contributed by atoms with Crippen LogP contribution < -0.4 is 11.1 Å². The highest BCUT2D eigenvalue weighted by molar-refractivity contribution is 7.99. The van der Waals surface area contributed by atoms with Crippen molar-refractivity contribution in [1.29, 1.82) is 0 Å². The molecule has 0 aliphatic rings. The van der Waals surface area contributed by atoms with Crippen molar-refractivity contribution in [2.24, 2.45) is 5.73 Å². The molecule has 0 aliphatic carbocycles. The number of thioether (sulfide) groups is 1. The lowest BCUT2D eigenvalue weighted by Crippen LogP contribution is -2.38. The molecule has 1 atom stereocenters. The first-order valence-electron chi connectivity index (χ1n) is 7.04. The third-order valence-corrected chi connectivity index (χ3v) is 3.86. The van der Waals surface area contributed by atoms with Crippen LogP contribution in [0.25, 0.3) is 0 Å². The topological polar surface area (TPSA) is 98.0 Å². The van der Waals surface area contributed by atoms with E-state index in [-0.39, 0.29) is 11.7 Å². The van der Waals surface area contributed by atoms with Crippen LogP contribution in [0.1, 0.15) is 23.0 Å². The van der Waals surface area contributed by atoms with Gasteiger partial charge in [-0.25, -0.2) is 9.97 Å². The molecule has 1 aromatic heterocycles. The maximum atomic E-state index is 12.1. The first kappa shape index (κ1) is 17.0. The van der Waals surface area contributed by atoms with E-state index in [9.17, 15) is 9.59 Å². The van der Waals surface area contributed by atoms with Crippen LogP contribution in [0.5, 0.6) is 0 Å². The maximum absolute atomic E-state index is 12.1. The highest BCUT2D eigenvalue weighted by Crippen LogP contribution is 2.16. The molecule has 0 saturated carbocycles. The van der Waals surface area contributed by atoms with E-state index in [2.05, 4.69) is 15.3 Å². The molecule has 0 aliphatic heterocycles. The summed E-state index contributed by atoms with van der Waals surface area (Å²) in [6.07, 6.45) is 0. The molecule has 2 rings (SSSR count). The molecule has 0 fully saturated rings. The lowest BCUT2D eigenvalue weighted by atomic mass is 10.1. The Labute approximate surface area is 138 Å². The van der Waals surface area contributed by atoms with Gasteiger partial charge in [-0.3, -0.25) is 9.59 Å². The van der Waals surface area contributed by atoms with Crippen molar-refractivity contribution >= 4 is 23.6 Å². The van der Waals surface area contributed by atoms with Crippen LogP contribution in [0, 0.1) is 13.8 Å². The van der Waals surface area contributed by atoms with Crippen molar-refractivity contribution in [3.05, 3.63) is 53.3 Å². The number of nitrogens with two attached hydrogens (primary N) is 1. The quantitative estimate of drug-likeness (QED) is 0.618. The molecule has 1 heterocycles. The zero-order chi connectivity index (χ0) is 16.8.